The van der Waals surface area contributed by atoms with E-state index in [1.807, 2.05) is 24.3 Å². The lowest BCUT2D eigenvalue weighted by atomic mass is 9.73. The van der Waals surface area contributed by atoms with Crippen molar-refractivity contribution in [3.05, 3.63) is 30.0 Å². The maximum Gasteiger partial charge on any atom is 0.328 e. The molecule has 2 fully saturated rings. The standard InChI is InChI=1S/C18H21N3O3/c1-24-18(23)17-12-7-6-11(12)10-21(17)16(22)9-8-15-13-4-2-3-5-14(13)19-20-15/h2-5,11-12,17H,6-10H2,1H3,(H,19,20)/t11-,12-,17+/m1/s1. The third kappa shape index (κ3) is 2.37. The number of likely N-dealkylation sites (tertiary alicyclic amines) is 1. The number of carbonyl (C=O) groups is 2. The Bertz CT molecular complexity index is 785. The Balaban J connectivity index is 1.46. The number of ether oxygens (including phenoxy) is 1. The molecule has 1 saturated heterocycles. The molecule has 4 rings (SSSR count). The van der Waals surface area contributed by atoms with E-state index >= 15 is 0 Å². The third-order valence-corrected chi connectivity index (χ3v) is 5.54. The molecule has 1 aromatic carbocycles. The van der Waals surface area contributed by atoms with E-state index < -0.39 is 0 Å². The van der Waals surface area contributed by atoms with Crippen molar-refractivity contribution in [1.82, 2.24) is 15.1 Å². The smallest absolute Gasteiger partial charge is 0.328 e. The van der Waals surface area contributed by atoms with Crippen LogP contribution >= 0.6 is 0 Å². The van der Waals surface area contributed by atoms with Crippen LogP contribution in [-0.4, -0.2) is 46.7 Å². The molecule has 1 N–H and O–H groups in total. The Morgan fingerprint density at radius 3 is 2.92 bits per heavy atom. The fourth-order valence-corrected chi connectivity index (χ4v) is 4.09. The first-order valence-electron chi connectivity index (χ1n) is 8.48. The van der Waals surface area contributed by atoms with Crippen molar-refractivity contribution in [2.75, 3.05) is 13.7 Å². The lowest BCUT2D eigenvalue weighted by molar-refractivity contribution is -0.152. The Labute approximate surface area is 140 Å². The van der Waals surface area contributed by atoms with Gasteiger partial charge in [-0.1, -0.05) is 18.2 Å². The molecule has 6 heteroatoms. The van der Waals surface area contributed by atoms with E-state index in [0.717, 1.165) is 29.4 Å². The minimum Gasteiger partial charge on any atom is -0.467 e. The summed E-state index contributed by atoms with van der Waals surface area (Å²) in [6, 6.07) is 7.47. The summed E-state index contributed by atoms with van der Waals surface area (Å²) < 4.78 is 4.93. The van der Waals surface area contributed by atoms with Crippen LogP contribution in [0.25, 0.3) is 10.9 Å². The number of aryl methyl sites for hydroxylation is 1. The van der Waals surface area contributed by atoms with Gasteiger partial charge < -0.3 is 9.64 Å². The van der Waals surface area contributed by atoms with Gasteiger partial charge in [0.1, 0.15) is 6.04 Å². The summed E-state index contributed by atoms with van der Waals surface area (Å²) in [6.45, 7) is 0.687. The number of carbonyl (C=O) groups excluding carboxylic acids is 2. The average molecular weight is 327 g/mol. The number of para-hydroxylation sites is 1. The van der Waals surface area contributed by atoms with E-state index in [0.29, 0.717) is 25.3 Å². The van der Waals surface area contributed by atoms with E-state index in [1.54, 1.807) is 4.90 Å². The zero-order chi connectivity index (χ0) is 16.7. The molecule has 1 aromatic heterocycles. The number of aromatic amines is 1. The molecule has 0 bridgehead atoms. The van der Waals surface area contributed by atoms with E-state index in [-0.39, 0.29) is 23.8 Å². The Morgan fingerprint density at radius 2 is 2.17 bits per heavy atom. The van der Waals surface area contributed by atoms with Gasteiger partial charge in [0.05, 0.1) is 12.6 Å². The summed E-state index contributed by atoms with van der Waals surface area (Å²) in [5, 5.41) is 8.34. The second-order valence-corrected chi connectivity index (χ2v) is 6.73. The van der Waals surface area contributed by atoms with Crippen LogP contribution in [0.2, 0.25) is 0 Å². The summed E-state index contributed by atoms with van der Waals surface area (Å²) in [6.07, 6.45) is 3.09. The van der Waals surface area contributed by atoms with E-state index in [1.165, 1.54) is 7.11 Å². The zero-order valence-corrected chi connectivity index (χ0v) is 13.7. The van der Waals surface area contributed by atoms with Gasteiger partial charge in [0.15, 0.2) is 0 Å². The topological polar surface area (TPSA) is 75.3 Å². The van der Waals surface area contributed by atoms with Gasteiger partial charge in [-0.25, -0.2) is 4.79 Å². The number of nitrogens with one attached hydrogen (secondary N) is 1. The third-order valence-electron chi connectivity index (χ3n) is 5.54. The molecule has 6 nitrogen and oxygen atoms in total. The first-order valence-corrected chi connectivity index (χ1v) is 8.48. The molecular weight excluding hydrogens is 306 g/mol. The van der Waals surface area contributed by atoms with Crippen molar-refractivity contribution in [3.8, 4) is 0 Å². The molecule has 24 heavy (non-hydrogen) atoms. The summed E-state index contributed by atoms with van der Waals surface area (Å²) in [7, 11) is 1.40. The van der Waals surface area contributed by atoms with Crippen LogP contribution in [0.4, 0.5) is 0 Å². The summed E-state index contributed by atoms with van der Waals surface area (Å²) >= 11 is 0. The maximum absolute atomic E-state index is 12.7. The minimum atomic E-state index is -0.389. The normalized spacial score (nSPS) is 25.4. The number of H-pyrrole nitrogens is 1. The predicted octanol–water partition coefficient (Wildman–Crippen LogP) is 1.91. The highest BCUT2D eigenvalue weighted by atomic mass is 16.5. The molecule has 0 radical (unpaired) electrons. The van der Waals surface area contributed by atoms with Gasteiger partial charge in [0, 0.05) is 24.0 Å². The van der Waals surface area contributed by atoms with Gasteiger partial charge in [-0.3, -0.25) is 9.89 Å². The van der Waals surface area contributed by atoms with Crippen LogP contribution < -0.4 is 0 Å². The van der Waals surface area contributed by atoms with Crippen molar-refractivity contribution in [2.45, 2.75) is 31.7 Å². The number of benzene rings is 1. The van der Waals surface area contributed by atoms with Gasteiger partial charge in [0.2, 0.25) is 5.91 Å². The lowest BCUT2D eigenvalue weighted by Crippen LogP contribution is -2.44. The number of hydrogen-bond donors (Lipinski definition) is 1. The van der Waals surface area contributed by atoms with Crippen molar-refractivity contribution in [1.29, 1.82) is 0 Å². The number of amides is 1. The van der Waals surface area contributed by atoms with E-state index in [4.69, 9.17) is 4.74 Å². The monoisotopic (exact) mass is 327 g/mol. The van der Waals surface area contributed by atoms with E-state index in [2.05, 4.69) is 10.2 Å². The zero-order valence-electron chi connectivity index (χ0n) is 13.7. The Hall–Kier alpha value is -2.37. The summed E-state index contributed by atoms with van der Waals surface area (Å²) in [5.74, 6) is 0.501. The van der Waals surface area contributed by atoms with Crippen LogP contribution in [-0.2, 0) is 20.7 Å². The van der Waals surface area contributed by atoms with Crippen molar-refractivity contribution >= 4 is 22.8 Å². The fraction of sp³-hybridized carbons (Fsp3) is 0.500. The number of nitrogens with zero attached hydrogens (tertiary/aromatic N) is 2. The van der Waals surface area contributed by atoms with Gasteiger partial charge in [-0.05, 0) is 37.2 Å². The van der Waals surface area contributed by atoms with Crippen LogP contribution in [0.5, 0.6) is 0 Å². The highest BCUT2D eigenvalue weighted by molar-refractivity contribution is 5.86. The highest BCUT2D eigenvalue weighted by Gasteiger charge is 2.52. The van der Waals surface area contributed by atoms with Gasteiger partial charge in [-0.15, -0.1) is 0 Å². The first-order chi connectivity index (χ1) is 11.7. The van der Waals surface area contributed by atoms with Gasteiger partial charge in [0.25, 0.3) is 0 Å². The molecule has 1 saturated carbocycles. The van der Waals surface area contributed by atoms with Crippen LogP contribution in [0.1, 0.15) is 25.0 Å². The van der Waals surface area contributed by atoms with E-state index in [9.17, 15) is 9.59 Å². The summed E-state index contributed by atoms with van der Waals surface area (Å²) in [5.41, 5.74) is 1.88. The largest absolute Gasteiger partial charge is 0.467 e. The molecular formula is C18H21N3O3. The number of aromatic nitrogens is 2. The van der Waals surface area contributed by atoms with Crippen molar-refractivity contribution in [2.24, 2.45) is 11.8 Å². The van der Waals surface area contributed by atoms with Crippen LogP contribution in [0.3, 0.4) is 0 Å². The average Bonchev–Trinajstić information content (AvgIpc) is 3.11. The molecule has 2 heterocycles. The number of hydrogen-bond acceptors (Lipinski definition) is 4. The van der Waals surface area contributed by atoms with Crippen LogP contribution in [0, 0.1) is 11.8 Å². The molecule has 2 aromatic rings. The molecule has 1 aliphatic carbocycles. The fourth-order valence-electron chi connectivity index (χ4n) is 4.09. The number of esters is 1. The molecule has 1 aliphatic heterocycles. The molecule has 0 unspecified atom stereocenters. The second kappa shape index (κ2) is 5.92. The number of fused-ring (bicyclic) bond motifs is 2. The van der Waals surface area contributed by atoms with Crippen molar-refractivity contribution < 1.29 is 14.3 Å². The predicted molar refractivity (Wildman–Crippen MR) is 88.1 cm³/mol. The first kappa shape index (κ1) is 15.2. The number of methoxy groups -OCH3 is 1. The molecule has 0 spiro atoms. The highest BCUT2D eigenvalue weighted by Crippen LogP contribution is 2.45. The van der Waals surface area contributed by atoms with Gasteiger partial charge in [-0.2, -0.15) is 5.10 Å². The van der Waals surface area contributed by atoms with Crippen molar-refractivity contribution in [3.63, 3.8) is 0 Å². The maximum atomic E-state index is 12.7. The number of rotatable bonds is 4. The minimum absolute atomic E-state index is 0.0264. The Kier molecular flexibility index (Phi) is 3.75. The molecule has 3 atom stereocenters. The molecule has 2 aliphatic rings. The molecule has 126 valence electrons. The van der Waals surface area contributed by atoms with Gasteiger partial charge >= 0.3 is 5.97 Å². The SMILES string of the molecule is COC(=O)[C@@H]1[C@@H]2CC[C@@H]2CN1C(=O)CCc1[nH]nc2ccccc12. The van der Waals surface area contributed by atoms with Crippen LogP contribution in [0.15, 0.2) is 24.3 Å². The summed E-state index contributed by atoms with van der Waals surface area (Å²) in [4.78, 5) is 26.5. The second-order valence-electron chi connectivity index (χ2n) is 6.73. The Morgan fingerprint density at radius 1 is 1.33 bits per heavy atom. The lowest BCUT2D eigenvalue weighted by Gasteiger charge is -2.31. The molecule has 1 amide bonds. The quantitative estimate of drug-likeness (QED) is 0.870.